The lowest BCUT2D eigenvalue weighted by atomic mass is 10.0. The number of benzene rings is 2. The molecule has 29 heavy (non-hydrogen) atoms. The third-order valence-corrected chi connectivity index (χ3v) is 5.92. The number of esters is 1. The van der Waals surface area contributed by atoms with Crippen LogP contribution in [0, 0.1) is 11.8 Å². The zero-order valence-corrected chi connectivity index (χ0v) is 17.3. The molecule has 0 saturated heterocycles. The van der Waals surface area contributed by atoms with E-state index in [-0.39, 0.29) is 6.61 Å². The van der Waals surface area contributed by atoms with Gasteiger partial charge in [0, 0.05) is 5.56 Å². The van der Waals surface area contributed by atoms with Crippen LogP contribution in [0.25, 0.3) is 22.2 Å². The molecule has 0 aliphatic rings. The summed E-state index contributed by atoms with van der Waals surface area (Å²) in [5.41, 5.74) is 0.896. The molecule has 0 aliphatic carbocycles. The summed E-state index contributed by atoms with van der Waals surface area (Å²) in [5.74, 6) is 6.14. The lowest BCUT2D eigenvalue weighted by molar-refractivity contribution is 0.0562. The lowest BCUT2D eigenvalue weighted by Gasteiger charge is -2.01. The molecular weight excluding hydrogens is 428 g/mol. The van der Waals surface area contributed by atoms with Gasteiger partial charge in [-0.3, -0.25) is 0 Å². The Kier molecular flexibility index (Phi) is 6.15. The molecule has 144 valence electrons. The molecule has 0 atom stereocenters. The number of aromatic nitrogens is 2. The summed E-state index contributed by atoms with van der Waals surface area (Å²) in [7, 11) is 0. The van der Waals surface area contributed by atoms with Crippen molar-refractivity contribution >= 4 is 51.4 Å². The van der Waals surface area contributed by atoms with Gasteiger partial charge in [-0.05, 0) is 28.3 Å². The van der Waals surface area contributed by atoms with E-state index in [2.05, 4.69) is 22.0 Å². The second-order valence-electron chi connectivity index (χ2n) is 5.72. The molecule has 0 saturated carbocycles. The molecule has 4 aromatic rings. The number of thioether (sulfide) groups is 1. The summed E-state index contributed by atoms with van der Waals surface area (Å²) in [6, 6.07) is 15.7. The smallest absolute Gasteiger partial charge is 0.350 e. The molecule has 0 N–H and O–H groups in total. The minimum atomic E-state index is -0.469. The molecule has 0 fully saturated rings. The van der Waals surface area contributed by atoms with Crippen molar-refractivity contribution in [2.45, 2.75) is 5.22 Å². The van der Waals surface area contributed by atoms with Crippen molar-refractivity contribution in [3.05, 3.63) is 63.8 Å². The first-order chi connectivity index (χ1) is 14.2. The number of fused-ring (bicyclic) bond motifs is 1. The van der Waals surface area contributed by atoms with Crippen LogP contribution in [0.1, 0.15) is 9.67 Å². The maximum absolute atomic E-state index is 11.8. The minimum Gasteiger partial charge on any atom is -0.448 e. The first-order valence-corrected chi connectivity index (χ1v) is 10.8. The Morgan fingerprint density at radius 2 is 2.00 bits per heavy atom. The highest BCUT2D eigenvalue weighted by atomic mass is 35.5. The fourth-order valence-electron chi connectivity index (χ4n) is 2.60. The first-order valence-electron chi connectivity index (χ1n) is 8.52. The standard InChI is InChI=1S/C21H13ClN2O3S2/c22-17-10-13-28-18(17)20(25)26-11-3-4-12-29-21-24-23-19(27-21)16-9-5-7-14-6-1-2-8-15(14)16/h1-2,5-10,13H,11-12H2. The number of carbonyl (C=O) groups excluding carboxylic acids is 1. The highest BCUT2D eigenvalue weighted by Crippen LogP contribution is 2.29. The van der Waals surface area contributed by atoms with Crippen molar-refractivity contribution in [2.24, 2.45) is 0 Å². The number of hydrogen-bond donors (Lipinski definition) is 0. The minimum absolute atomic E-state index is 0.00128. The second-order valence-corrected chi connectivity index (χ2v) is 7.97. The maximum Gasteiger partial charge on any atom is 0.350 e. The highest BCUT2D eigenvalue weighted by molar-refractivity contribution is 7.99. The predicted octanol–water partition coefficient (Wildman–Crippen LogP) is 5.56. The van der Waals surface area contributed by atoms with Gasteiger partial charge >= 0.3 is 5.97 Å². The summed E-state index contributed by atoms with van der Waals surface area (Å²) in [6.45, 7) is -0.00128. The van der Waals surface area contributed by atoms with Crippen LogP contribution in [-0.4, -0.2) is 28.5 Å². The molecule has 0 spiro atoms. The van der Waals surface area contributed by atoms with E-state index in [0.717, 1.165) is 16.3 Å². The third-order valence-electron chi connectivity index (χ3n) is 3.90. The summed E-state index contributed by atoms with van der Waals surface area (Å²) in [4.78, 5) is 12.2. The van der Waals surface area contributed by atoms with Crippen molar-refractivity contribution in [1.82, 2.24) is 10.2 Å². The Hall–Kier alpha value is -2.79. The summed E-state index contributed by atoms with van der Waals surface area (Å²) < 4.78 is 10.8. The normalized spacial score (nSPS) is 10.5. The number of carbonyl (C=O) groups is 1. The van der Waals surface area contributed by atoms with Gasteiger partial charge < -0.3 is 9.15 Å². The molecule has 2 aromatic heterocycles. The first kappa shape index (κ1) is 19.5. The number of ether oxygens (including phenoxy) is 1. The molecule has 2 heterocycles. The quantitative estimate of drug-likeness (QED) is 0.230. The van der Waals surface area contributed by atoms with Crippen molar-refractivity contribution in [3.8, 4) is 23.3 Å². The van der Waals surface area contributed by atoms with Gasteiger partial charge in [-0.15, -0.1) is 21.5 Å². The van der Waals surface area contributed by atoms with Crippen LogP contribution in [0.3, 0.4) is 0 Å². The van der Waals surface area contributed by atoms with E-state index in [9.17, 15) is 4.79 Å². The summed E-state index contributed by atoms with van der Waals surface area (Å²) in [6.07, 6.45) is 0. The Morgan fingerprint density at radius 1 is 1.14 bits per heavy atom. The van der Waals surface area contributed by atoms with Gasteiger partial charge in [-0.25, -0.2) is 4.79 Å². The van der Waals surface area contributed by atoms with E-state index < -0.39 is 5.97 Å². The van der Waals surface area contributed by atoms with E-state index in [1.54, 1.807) is 11.4 Å². The SMILES string of the molecule is O=C(OCC#CCSc1nnc(-c2cccc3ccccc23)o1)c1sccc1Cl. The molecule has 5 nitrogen and oxygen atoms in total. The molecule has 0 bridgehead atoms. The fraction of sp³-hybridized carbons (Fsp3) is 0.0952. The molecule has 4 rings (SSSR count). The van der Waals surface area contributed by atoms with Gasteiger partial charge in [0.2, 0.25) is 5.89 Å². The van der Waals surface area contributed by atoms with Crippen LogP contribution in [0.5, 0.6) is 0 Å². The molecular formula is C21H13ClN2O3S2. The number of halogens is 1. The Labute approximate surface area is 180 Å². The maximum atomic E-state index is 11.8. The average Bonchev–Trinajstić information content (AvgIpc) is 3.39. The fourth-order valence-corrected chi connectivity index (χ4v) is 4.15. The second kappa shape index (κ2) is 9.14. The molecule has 0 unspecified atom stereocenters. The van der Waals surface area contributed by atoms with Gasteiger partial charge in [0.1, 0.15) is 4.88 Å². The topological polar surface area (TPSA) is 65.2 Å². The number of hydrogen-bond acceptors (Lipinski definition) is 7. The van der Waals surface area contributed by atoms with Crippen LogP contribution in [-0.2, 0) is 4.74 Å². The average molecular weight is 441 g/mol. The van der Waals surface area contributed by atoms with Gasteiger partial charge in [-0.2, -0.15) is 0 Å². The van der Waals surface area contributed by atoms with E-state index in [1.807, 2.05) is 42.5 Å². The molecule has 0 amide bonds. The number of thiophene rings is 1. The van der Waals surface area contributed by atoms with Crippen LogP contribution in [0.15, 0.2) is 63.6 Å². The lowest BCUT2D eigenvalue weighted by Crippen LogP contribution is -2.03. The van der Waals surface area contributed by atoms with Gasteiger partial charge in [0.15, 0.2) is 6.61 Å². The highest BCUT2D eigenvalue weighted by Gasteiger charge is 2.13. The van der Waals surface area contributed by atoms with Gasteiger partial charge in [0.05, 0.1) is 10.8 Å². The van der Waals surface area contributed by atoms with E-state index >= 15 is 0 Å². The van der Waals surface area contributed by atoms with Crippen molar-refractivity contribution in [2.75, 3.05) is 12.4 Å². The molecule has 0 aliphatic heterocycles. The molecule has 2 aromatic carbocycles. The summed E-state index contributed by atoms with van der Waals surface area (Å²) in [5, 5.41) is 12.9. The molecule has 8 heteroatoms. The van der Waals surface area contributed by atoms with Gasteiger partial charge in [0.25, 0.3) is 5.22 Å². The van der Waals surface area contributed by atoms with Crippen molar-refractivity contribution in [1.29, 1.82) is 0 Å². The van der Waals surface area contributed by atoms with E-state index in [1.165, 1.54) is 23.1 Å². The van der Waals surface area contributed by atoms with Crippen LogP contribution in [0.4, 0.5) is 0 Å². The van der Waals surface area contributed by atoms with Crippen LogP contribution < -0.4 is 0 Å². The van der Waals surface area contributed by atoms with E-state index in [4.69, 9.17) is 20.8 Å². The van der Waals surface area contributed by atoms with Crippen molar-refractivity contribution in [3.63, 3.8) is 0 Å². The van der Waals surface area contributed by atoms with Crippen LogP contribution >= 0.6 is 34.7 Å². The van der Waals surface area contributed by atoms with Gasteiger partial charge in [-0.1, -0.05) is 71.6 Å². The largest absolute Gasteiger partial charge is 0.448 e. The molecule has 0 radical (unpaired) electrons. The zero-order chi connectivity index (χ0) is 20.1. The Balaban J connectivity index is 1.32. The Morgan fingerprint density at radius 3 is 2.86 bits per heavy atom. The Bertz CT molecular complexity index is 1220. The number of rotatable bonds is 5. The van der Waals surface area contributed by atoms with Crippen molar-refractivity contribution < 1.29 is 13.9 Å². The predicted molar refractivity (Wildman–Crippen MR) is 115 cm³/mol. The third kappa shape index (κ3) is 4.62. The monoisotopic (exact) mass is 440 g/mol. The summed E-state index contributed by atoms with van der Waals surface area (Å²) >= 11 is 8.46. The van der Waals surface area contributed by atoms with Crippen LogP contribution in [0.2, 0.25) is 5.02 Å². The zero-order valence-electron chi connectivity index (χ0n) is 14.9. The van der Waals surface area contributed by atoms with E-state index in [0.29, 0.717) is 26.8 Å². The number of nitrogens with zero attached hydrogens (tertiary/aromatic N) is 2.